The molecule has 0 radical (unpaired) electrons. The predicted molar refractivity (Wildman–Crippen MR) is 108 cm³/mol. The zero-order valence-corrected chi connectivity index (χ0v) is 16.1. The van der Waals surface area contributed by atoms with Crippen LogP contribution >= 0.6 is 34.4 Å². The number of thiazole rings is 1. The molecule has 0 spiro atoms. The molecule has 0 unspecified atom stereocenters. The van der Waals surface area contributed by atoms with Crippen LogP contribution in [0.25, 0.3) is 10.6 Å². The molecule has 0 saturated heterocycles. The maximum atomic E-state index is 12.3. The van der Waals surface area contributed by atoms with E-state index in [0.29, 0.717) is 17.4 Å². The fraction of sp³-hybridized carbons (Fsp3) is 0.167. The second-order valence-corrected chi connectivity index (χ2v) is 8.44. The molecule has 0 atom stereocenters. The number of hydrogen-bond donors (Lipinski definition) is 1. The molecule has 0 saturated carbocycles. The van der Waals surface area contributed by atoms with Gasteiger partial charge in [0.15, 0.2) is 5.13 Å². The zero-order valence-electron chi connectivity index (χ0n) is 13.7. The lowest BCUT2D eigenvalue weighted by Gasteiger charge is -2.28. The summed E-state index contributed by atoms with van der Waals surface area (Å²) in [7, 11) is 0. The monoisotopic (exact) mass is 401 g/mol. The summed E-state index contributed by atoms with van der Waals surface area (Å²) < 4.78 is 0. The van der Waals surface area contributed by atoms with E-state index < -0.39 is 0 Å². The lowest BCUT2D eigenvalue weighted by atomic mass is 10.2. The highest BCUT2D eigenvalue weighted by molar-refractivity contribution is 8.00. The van der Waals surface area contributed by atoms with Gasteiger partial charge in [0.2, 0.25) is 11.8 Å². The van der Waals surface area contributed by atoms with Crippen molar-refractivity contribution < 1.29 is 9.59 Å². The number of hydrogen-bond acceptors (Lipinski definition) is 6. The summed E-state index contributed by atoms with van der Waals surface area (Å²) in [5, 5.41) is 7.35. The molecular formula is C18H15N3O2S3. The number of nitrogens with zero attached hydrogens (tertiary/aromatic N) is 2. The molecule has 5 nitrogen and oxygen atoms in total. The lowest BCUT2D eigenvalue weighted by molar-refractivity contribution is -0.117. The smallest absolute Gasteiger partial charge is 0.237 e. The number of amides is 2. The Morgan fingerprint density at radius 3 is 2.92 bits per heavy atom. The van der Waals surface area contributed by atoms with Gasteiger partial charge in [0.25, 0.3) is 0 Å². The minimum absolute atomic E-state index is 0.0377. The zero-order chi connectivity index (χ0) is 17.9. The van der Waals surface area contributed by atoms with Gasteiger partial charge < -0.3 is 10.2 Å². The highest BCUT2D eigenvalue weighted by Gasteiger charge is 2.24. The molecule has 132 valence electrons. The number of aromatic nitrogens is 1. The molecular weight excluding hydrogens is 386 g/mol. The number of fused-ring (bicyclic) bond motifs is 1. The second-order valence-electron chi connectivity index (χ2n) is 5.62. The normalized spacial score (nSPS) is 13.5. The van der Waals surface area contributed by atoms with E-state index in [1.54, 1.807) is 16.2 Å². The van der Waals surface area contributed by atoms with Crippen molar-refractivity contribution in [3.8, 4) is 10.6 Å². The van der Waals surface area contributed by atoms with Crippen molar-refractivity contribution in [3.05, 3.63) is 47.2 Å². The van der Waals surface area contributed by atoms with Crippen LogP contribution in [0.1, 0.15) is 6.42 Å². The Hall–Kier alpha value is -2.16. The highest BCUT2D eigenvalue weighted by atomic mass is 32.2. The molecule has 0 bridgehead atoms. The van der Waals surface area contributed by atoms with Crippen LogP contribution in [0.15, 0.2) is 52.1 Å². The van der Waals surface area contributed by atoms with Crippen LogP contribution in [0.5, 0.6) is 0 Å². The van der Waals surface area contributed by atoms with E-state index in [0.717, 1.165) is 21.2 Å². The van der Waals surface area contributed by atoms with Crippen molar-refractivity contribution in [1.29, 1.82) is 0 Å². The first-order chi connectivity index (χ1) is 12.7. The van der Waals surface area contributed by atoms with E-state index in [4.69, 9.17) is 0 Å². The number of thiophene rings is 1. The summed E-state index contributed by atoms with van der Waals surface area (Å²) >= 11 is 4.56. The molecule has 0 aliphatic carbocycles. The van der Waals surface area contributed by atoms with E-state index in [9.17, 15) is 9.59 Å². The number of nitrogens with one attached hydrogen (secondary N) is 1. The number of anilines is 2. The third-order valence-corrected chi connectivity index (χ3v) is 6.59. The number of carbonyl (C=O) groups is 2. The quantitative estimate of drug-likeness (QED) is 0.691. The molecule has 2 aromatic heterocycles. The maximum Gasteiger partial charge on any atom is 0.237 e. The average Bonchev–Trinajstić information content (AvgIpc) is 3.32. The summed E-state index contributed by atoms with van der Waals surface area (Å²) in [5.74, 6) is 0.311. The minimum atomic E-state index is -0.138. The minimum Gasteiger partial charge on any atom is -0.310 e. The summed E-state index contributed by atoms with van der Waals surface area (Å²) in [6, 6.07) is 11.8. The van der Waals surface area contributed by atoms with Crippen molar-refractivity contribution >= 4 is 57.1 Å². The van der Waals surface area contributed by atoms with Gasteiger partial charge in [0.1, 0.15) is 0 Å². The van der Waals surface area contributed by atoms with Gasteiger partial charge in [-0.1, -0.05) is 18.2 Å². The molecule has 2 amide bonds. The van der Waals surface area contributed by atoms with Gasteiger partial charge in [-0.2, -0.15) is 0 Å². The van der Waals surface area contributed by atoms with Crippen LogP contribution in [-0.4, -0.2) is 29.1 Å². The number of carbonyl (C=O) groups excluding carboxylic acids is 2. The molecule has 3 heterocycles. The average molecular weight is 402 g/mol. The Bertz CT molecular complexity index is 937. The van der Waals surface area contributed by atoms with Gasteiger partial charge in [0.05, 0.1) is 22.0 Å². The largest absolute Gasteiger partial charge is 0.310 e. The molecule has 3 aromatic rings. The van der Waals surface area contributed by atoms with Crippen molar-refractivity contribution in [2.45, 2.75) is 11.3 Å². The molecule has 0 fully saturated rings. The van der Waals surface area contributed by atoms with Crippen LogP contribution in [0, 0.1) is 0 Å². The Morgan fingerprint density at radius 2 is 2.08 bits per heavy atom. The van der Waals surface area contributed by atoms with Crippen LogP contribution in [0.2, 0.25) is 0 Å². The molecule has 1 N–H and O–H groups in total. The first-order valence-corrected chi connectivity index (χ1v) is 10.8. The second kappa shape index (κ2) is 7.61. The fourth-order valence-corrected chi connectivity index (χ4v) is 5.09. The number of rotatable bonds is 5. The van der Waals surface area contributed by atoms with Crippen LogP contribution in [0.4, 0.5) is 10.8 Å². The van der Waals surface area contributed by atoms with Crippen LogP contribution in [-0.2, 0) is 9.59 Å². The summed E-state index contributed by atoms with van der Waals surface area (Å²) in [4.78, 5) is 32.8. The molecule has 26 heavy (non-hydrogen) atoms. The van der Waals surface area contributed by atoms with Crippen LogP contribution < -0.4 is 10.2 Å². The Balaban J connectivity index is 1.38. The van der Waals surface area contributed by atoms with Gasteiger partial charge in [0, 0.05) is 23.2 Å². The molecule has 1 aliphatic rings. The number of thioether (sulfide) groups is 1. The van der Waals surface area contributed by atoms with E-state index in [1.807, 2.05) is 47.2 Å². The van der Waals surface area contributed by atoms with E-state index in [1.165, 1.54) is 23.1 Å². The van der Waals surface area contributed by atoms with Crippen molar-refractivity contribution in [1.82, 2.24) is 4.98 Å². The standard InChI is InChI=1S/C18H15N3O2S3/c22-16(20-18-19-12(10-26-18)14-6-3-9-24-14)7-8-21-13-4-1-2-5-15(13)25-11-17(21)23/h1-6,9-10H,7-8,11H2,(H,19,20,22). The van der Waals surface area contributed by atoms with Gasteiger partial charge in [-0.15, -0.1) is 34.4 Å². The lowest BCUT2D eigenvalue weighted by Crippen LogP contribution is -2.37. The maximum absolute atomic E-state index is 12.3. The number of para-hydroxylation sites is 1. The van der Waals surface area contributed by atoms with E-state index in [-0.39, 0.29) is 18.2 Å². The SMILES string of the molecule is O=C(CCN1C(=O)CSc2ccccc21)Nc1nc(-c2cccs2)cs1. The van der Waals surface area contributed by atoms with Crippen molar-refractivity contribution in [2.24, 2.45) is 0 Å². The Kier molecular flexibility index (Phi) is 5.05. The van der Waals surface area contributed by atoms with Gasteiger partial charge >= 0.3 is 0 Å². The summed E-state index contributed by atoms with van der Waals surface area (Å²) in [6.07, 6.45) is 0.235. The molecule has 1 aliphatic heterocycles. The van der Waals surface area contributed by atoms with E-state index in [2.05, 4.69) is 10.3 Å². The van der Waals surface area contributed by atoms with Gasteiger partial charge in [-0.3, -0.25) is 9.59 Å². The summed E-state index contributed by atoms with van der Waals surface area (Å²) in [5.41, 5.74) is 1.76. The molecule has 1 aromatic carbocycles. The Morgan fingerprint density at radius 1 is 1.19 bits per heavy atom. The third-order valence-electron chi connectivity index (χ3n) is 3.89. The van der Waals surface area contributed by atoms with Crippen molar-refractivity contribution in [2.75, 3.05) is 22.5 Å². The molecule has 4 rings (SSSR count). The first-order valence-electron chi connectivity index (χ1n) is 8.02. The topological polar surface area (TPSA) is 62.3 Å². The van der Waals surface area contributed by atoms with E-state index >= 15 is 0 Å². The predicted octanol–water partition coefficient (Wildman–Crippen LogP) is 4.34. The van der Waals surface area contributed by atoms with Crippen molar-refractivity contribution in [3.63, 3.8) is 0 Å². The van der Waals surface area contributed by atoms with Gasteiger partial charge in [-0.25, -0.2) is 4.98 Å². The Labute approximate surface area is 163 Å². The highest BCUT2D eigenvalue weighted by Crippen LogP contribution is 2.35. The summed E-state index contributed by atoms with van der Waals surface area (Å²) in [6.45, 7) is 0.366. The number of benzene rings is 1. The van der Waals surface area contributed by atoms with Gasteiger partial charge in [-0.05, 0) is 23.6 Å². The fourth-order valence-electron chi connectivity index (χ4n) is 2.66. The first kappa shape index (κ1) is 17.3. The van der Waals surface area contributed by atoms with Crippen LogP contribution in [0.3, 0.4) is 0 Å². The third kappa shape index (κ3) is 3.67. The molecule has 8 heteroatoms.